The first kappa shape index (κ1) is 20.9. The molecule has 1 spiro atoms. The largest absolute Gasteiger partial charge is 0.376 e. The molecule has 3 atom stereocenters. The van der Waals surface area contributed by atoms with Crippen LogP contribution in [0.4, 0.5) is 5.69 Å². The lowest BCUT2D eigenvalue weighted by molar-refractivity contribution is 0.188. The molecule has 2 aromatic carbocycles. The van der Waals surface area contributed by atoms with Crippen LogP contribution in [0, 0.1) is 6.92 Å². The normalized spacial score (nSPS) is 20.0. The van der Waals surface area contributed by atoms with Crippen molar-refractivity contribution in [1.82, 2.24) is 4.90 Å². The van der Waals surface area contributed by atoms with Crippen molar-refractivity contribution >= 4 is 40.5 Å². The molecule has 1 saturated heterocycles. The molecule has 1 saturated carbocycles. The number of rotatable bonds is 5. The highest BCUT2D eigenvalue weighted by Gasteiger charge is 2.52. The molecule has 2 aromatic rings. The molecule has 2 fully saturated rings. The average molecular weight is 426 g/mol. The first-order valence-corrected chi connectivity index (χ1v) is 11.6. The van der Waals surface area contributed by atoms with Crippen LogP contribution in [0.15, 0.2) is 43.0 Å². The maximum atomic E-state index is 9.69. The number of piperidine rings is 1. The number of anilines is 1. The minimum Gasteiger partial charge on any atom is -0.376 e. The number of hydrogen-bond acceptors (Lipinski definition) is 3. The van der Waals surface area contributed by atoms with Crippen LogP contribution < -0.4 is 15.5 Å². The van der Waals surface area contributed by atoms with Crippen molar-refractivity contribution in [3.05, 3.63) is 59.7 Å². The van der Waals surface area contributed by atoms with Gasteiger partial charge in [0.1, 0.15) is 6.73 Å². The lowest BCUT2D eigenvalue weighted by Crippen LogP contribution is -2.43. The second-order valence-corrected chi connectivity index (χ2v) is 10.00. The standard InChI is InChI=1S/C24H32N2OP2/c1-16-13-19(28)7-8-20(16)18-9-12-26(24(14-18)10-11-24)17(2)23-21(25(3)15-27)5-4-6-22(23)29/h4-8,13,18,27H,2,9-12,14-15,28-29H2,1,3H3. The van der Waals surface area contributed by atoms with Gasteiger partial charge in [-0.15, -0.1) is 18.5 Å². The monoisotopic (exact) mass is 426 g/mol. The van der Waals surface area contributed by atoms with Gasteiger partial charge in [0, 0.05) is 36.1 Å². The van der Waals surface area contributed by atoms with Crippen LogP contribution >= 0.6 is 18.5 Å². The molecule has 0 radical (unpaired) electrons. The molecule has 0 amide bonds. The molecule has 1 heterocycles. The lowest BCUT2D eigenvalue weighted by atomic mass is 9.81. The van der Waals surface area contributed by atoms with Crippen LogP contribution in [0.5, 0.6) is 0 Å². The van der Waals surface area contributed by atoms with E-state index in [1.807, 2.05) is 18.0 Å². The first-order chi connectivity index (χ1) is 13.9. The first-order valence-electron chi connectivity index (χ1n) is 10.4. The van der Waals surface area contributed by atoms with E-state index in [0.29, 0.717) is 5.92 Å². The van der Waals surface area contributed by atoms with Gasteiger partial charge >= 0.3 is 0 Å². The zero-order valence-electron chi connectivity index (χ0n) is 17.5. The Hall–Kier alpha value is -1.40. The SMILES string of the molecule is C=C(c1c(P)cccc1N(C)CO)N1CCC(c2ccc(P)cc2C)CC12CC2. The van der Waals surface area contributed by atoms with Crippen molar-refractivity contribution in [2.75, 3.05) is 25.2 Å². The van der Waals surface area contributed by atoms with Gasteiger partial charge in [0.25, 0.3) is 0 Å². The molecule has 29 heavy (non-hydrogen) atoms. The Balaban J connectivity index is 1.62. The van der Waals surface area contributed by atoms with E-state index < -0.39 is 0 Å². The predicted octanol–water partition coefficient (Wildman–Crippen LogP) is 3.76. The van der Waals surface area contributed by atoms with E-state index in [2.05, 4.69) is 67.2 Å². The Labute approximate surface area is 179 Å². The summed E-state index contributed by atoms with van der Waals surface area (Å²) in [6.45, 7) is 7.82. The summed E-state index contributed by atoms with van der Waals surface area (Å²) in [5, 5.41) is 12.1. The van der Waals surface area contributed by atoms with Crippen molar-refractivity contribution in [1.29, 1.82) is 0 Å². The van der Waals surface area contributed by atoms with Gasteiger partial charge in [0.05, 0.1) is 0 Å². The Morgan fingerprint density at radius 3 is 2.69 bits per heavy atom. The van der Waals surface area contributed by atoms with Gasteiger partial charge in [-0.25, -0.2) is 0 Å². The van der Waals surface area contributed by atoms with Crippen LogP contribution in [0.1, 0.15) is 48.3 Å². The molecule has 2 aliphatic rings. The molecule has 1 N–H and O–H groups in total. The maximum absolute atomic E-state index is 9.69. The fourth-order valence-electron chi connectivity index (χ4n) is 5.06. The summed E-state index contributed by atoms with van der Waals surface area (Å²) in [7, 11) is 7.58. The summed E-state index contributed by atoms with van der Waals surface area (Å²) < 4.78 is 0. The van der Waals surface area contributed by atoms with E-state index in [-0.39, 0.29) is 12.3 Å². The minimum atomic E-state index is -0.00734. The molecule has 154 valence electrons. The summed E-state index contributed by atoms with van der Waals surface area (Å²) in [6.07, 6.45) is 4.84. The van der Waals surface area contributed by atoms with Gasteiger partial charge in [-0.2, -0.15) is 0 Å². The molecule has 4 rings (SSSR count). The Morgan fingerprint density at radius 1 is 1.28 bits per heavy atom. The average Bonchev–Trinajstić information content (AvgIpc) is 3.46. The molecule has 1 aliphatic carbocycles. The molecule has 3 nitrogen and oxygen atoms in total. The third kappa shape index (κ3) is 3.86. The fourth-order valence-corrected chi connectivity index (χ4v) is 5.83. The molecule has 3 unspecified atom stereocenters. The van der Waals surface area contributed by atoms with Gasteiger partial charge in [0.2, 0.25) is 0 Å². The maximum Gasteiger partial charge on any atom is 0.115 e. The van der Waals surface area contributed by atoms with E-state index in [1.165, 1.54) is 35.7 Å². The molecule has 0 aromatic heterocycles. The Kier molecular flexibility index (Phi) is 5.77. The number of aliphatic hydroxyl groups excluding tert-OH is 1. The number of benzene rings is 2. The zero-order valence-corrected chi connectivity index (χ0v) is 19.8. The van der Waals surface area contributed by atoms with Gasteiger partial charge in [-0.05, 0) is 66.3 Å². The highest BCUT2D eigenvalue weighted by molar-refractivity contribution is 7.27. The summed E-state index contributed by atoms with van der Waals surface area (Å²) in [6, 6.07) is 13.1. The topological polar surface area (TPSA) is 26.7 Å². The number of aryl methyl sites for hydroxylation is 1. The van der Waals surface area contributed by atoms with Crippen molar-refractivity contribution < 1.29 is 5.11 Å². The highest BCUT2D eigenvalue weighted by atomic mass is 31.0. The predicted molar refractivity (Wildman–Crippen MR) is 131 cm³/mol. The Bertz CT molecular complexity index is 938. The third-order valence-electron chi connectivity index (χ3n) is 6.77. The van der Waals surface area contributed by atoms with Gasteiger partial charge in [0.15, 0.2) is 0 Å². The van der Waals surface area contributed by atoms with Crippen molar-refractivity contribution in [3.63, 3.8) is 0 Å². The van der Waals surface area contributed by atoms with Crippen LogP contribution in [-0.2, 0) is 0 Å². The summed E-state index contributed by atoms with van der Waals surface area (Å²) in [4.78, 5) is 4.45. The minimum absolute atomic E-state index is 0.00734. The number of likely N-dealkylation sites (tertiary alicyclic amines) is 1. The van der Waals surface area contributed by atoms with Crippen molar-refractivity contribution in [2.24, 2.45) is 0 Å². The van der Waals surface area contributed by atoms with Gasteiger partial charge in [-0.1, -0.05) is 36.9 Å². The zero-order chi connectivity index (χ0) is 20.8. The van der Waals surface area contributed by atoms with E-state index in [0.717, 1.165) is 35.2 Å². The van der Waals surface area contributed by atoms with E-state index in [4.69, 9.17) is 0 Å². The van der Waals surface area contributed by atoms with E-state index in [9.17, 15) is 5.11 Å². The lowest BCUT2D eigenvalue weighted by Gasteiger charge is -2.44. The number of aliphatic hydroxyl groups is 1. The van der Waals surface area contributed by atoms with Gasteiger partial charge in [-0.3, -0.25) is 0 Å². The number of hydrogen-bond donors (Lipinski definition) is 1. The quantitative estimate of drug-likeness (QED) is 0.583. The molecular weight excluding hydrogens is 394 g/mol. The van der Waals surface area contributed by atoms with Crippen LogP contribution in [-0.4, -0.2) is 35.9 Å². The second-order valence-electron chi connectivity index (χ2n) is 8.71. The van der Waals surface area contributed by atoms with Crippen LogP contribution in [0.25, 0.3) is 5.70 Å². The Morgan fingerprint density at radius 2 is 2.03 bits per heavy atom. The molecule has 5 heteroatoms. The van der Waals surface area contributed by atoms with Crippen LogP contribution in [0.2, 0.25) is 0 Å². The summed E-state index contributed by atoms with van der Waals surface area (Å²) in [5.74, 6) is 0.623. The van der Waals surface area contributed by atoms with Crippen LogP contribution in [0.3, 0.4) is 0 Å². The van der Waals surface area contributed by atoms with Crippen molar-refractivity contribution in [3.8, 4) is 0 Å². The highest BCUT2D eigenvalue weighted by Crippen LogP contribution is 2.55. The van der Waals surface area contributed by atoms with E-state index >= 15 is 0 Å². The van der Waals surface area contributed by atoms with Crippen molar-refractivity contribution in [2.45, 2.75) is 44.1 Å². The molecular formula is C24H32N2OP2. The summed E-state index contributed by atoms with van der Waals surface area (Å²) >= 11 is 0. The number of nitrogens with zero attached hydrogens (tertiary/aromatic N) is 2. The second kappa shape index (κ2) is 8.03. The molecule has 0 bridgehead atoms. The van der Waals surface area contributed by atoms with Gasteiger partial charge < -0.3 is 14.9 Å². The van der Waals surface area contributed by atoms with E-state index in [1.54, 1.807) is 0 Å². The smallest absolute Gasteiger partial charge is 0.115 e. The molecule has 1 aliphatic heterocycles. The fraction of sp³-hybridized carbons (Fsp3) is 0.417. The summed E-state index contributed by atoms with van der Waals surface area (Å²) in [5.41, 5.74) is 6.44. The third-order valence-corrected chi connectivity index (χ3v) is 7.61.